The van der Waals surface area contributed by atoms with Gasteiger partial charge in [-0.3, -0.25) is 13.9 Å². The van der Waals surface area contributed by atoms with Crippen LogP contribution in [-0.2, 0) is 26.2 Å². The van der Waals surface area contributed by atoms with Crippen LogP contribution < -0.4 is 9.62 Å². The average molecular weight is 508 g/mol. The highest BCUT2D eigenvalue weighted by molar-refractivity contribution is 7.92. The van der Waals surface area contributed by atoms with Gasteiger partial charge in [0.1, 0.15) is 12.6 Å². The molecule has 186 valence electrons. The predicted octanol–water partition coefficient (Wildman–Crippen LogP) is 3.91. The number of hydrogen-bond donors (Lipinski definition) is 1. The Morgan fingerprint density at radius 3 is 2.26 bits per heavy atom. The molecule has 0 fully saturated rings. The van der Waals surface area contributed by atoms with Crippen LogP contribution in [0.2, 0.25) is 5.02 Å². The summed E-state index contributed by atoms with van der Waals surface area (Å²) < 4.78 is 26.3. The van der Waals surface area contributed by atoms with Gasteiger partial charge in [0.2, 0.25) is 21.8 Å². The normalized spacial score (nSPS) is 12.4. The van der Waals surface area contributed by atoms with Gasteiger partial charge in [-0.1, -0.05) is 43.6 Å². The predicted molar refractivity (Wildman–Crippen MR) is 137 cm³/mol. The van der Waals surface area contributed by atoms with Gasteiger partial charge in [-0.2, -0.15) is 0 Å². The van der Waals surface area contributed by atoms with Crippen LogP contribution in [0.1, 0.15) is 37.5 Å². The molecular formula is C25H34ClN3O4S. The van der Waals surface area contributed by atoms with Crippen LogP contribution in [0.5, 0.6) is 0 Å². The number of sulfonamides is 1. The molecule has 2 aromatic carbocycles. The number of hydrogen-bond acceptors (Lipinski definition) is 4. The Bertz CT molecular complexity index is 1130. The van der Waals surface area contributed by atoms with E-state index in [9.17, 15) is 18.0 Å². The smallest absolute Gasteiger partial charge is 0.244 e. The van der Waals surface area contributed by atoms with Crippen molar-refractivity contribution in [3.05, 3.63) is 64.2 Å². The Balaban J connectivity index is 2.39. The first-order chi connectivity index (χ1) is 15.8. The van der Waals surface area contributed by atoms with Crippen LogP contribution in [0.4, 0.5) is 5.69 Å². The summed E-state index contributed by atoms with van der Waals surface area (Å²) in [6.45, 7) is 9.57. The van der Waals surface area contributed by atoms with Gasteiger partial charge in [0.25, 0.3) is 0 Å². The van der Waals surface area contributed by atoms with E-state index in [1.807, 2.05) is 39.8 Å². The highest BCUT2D eigenvalue weighted by atomic mass is 35.5. The van der Waals surface area contributed by atoms with Gasteiger partial charge in [-0.25, -0.2) is 8.42 Å². The van der Waals surface area contributed by atoms with Crippen LogP contribution in [0.15, 0.2) is 42.5 Å². The lowest BCUT2D eigenvalue weighted by atomic mass is 10.1. The van der Waals surface area contributed by atoms with Crippen molar-refractivity contribution in [3.8, 4) is 0 Å². The molecule has 7 nitrogen and oxygen atoms in total. The molecule has 0 aliphatic rings. The number of nitrogens with one attached hydrogen (secondary N) is 1. The molecular weight excluding hydrogens is 474 g/mol. The van der Waals surface area contributed by atoms with E-state index < -0.39 is 28.5 Å². The molecule has 1 N–H and O–H groups in total. The minimum Gasteiger partial charge on any atom is -0.354 e. The van der Waals surface area contributed by atoms with Crippen molar-refractivity contribution in [1.82, 2.24) is 10.2 Å². The quantitative estimate of drug-likeness (QED) is 0.528. The van der Waals surface area contributed by atoms with Gasteiger partial charge >= 0.3 is 0 Å². The first-order valence-electron chi connectivity index (χ1n) is 11.2. The maximum atomic E-state index is 13.5. The molecule has 9 heteroatoms. The first-order valence-corrected chi connectivity index (χ1v) is 13.4. The molecule has 0 saturated carbocycles. The van der Waals surface area contributed by atoms with Crippen LogP contribution in [0, 0.1) is 19.8 Å². The number of rotatable bonds is 10. The first kappa shape index (κ1) is 27.7. The molecule has 0 saturated heterocycles. The Kier molecular flexibility index (Phi) is 9.53. The number of amides is 2. The maximum absolute atomic E-state index is 13.5. The second-order valence-corrected chi connectivity index (χ2v) is 11.3. The van der Waals surface area contributed by atoms with Gasteiger partial charge < -0.3 is 10.2 Å². The number of benzene rings is 2. The lowest BCUT2D eigenvalue weighted by molar-refractivity contribution is -0.139. The number of anilines is 1. The summed E-state index contributed by atoms with van der Waals surface area (Å²) in [6, 6.07) is 11.4. The molecule has 1 atom stereocenters. The molecule has 0 unspecified atom stereocenters. The summed E-state index contributed by atoms with van der Waals surface area (Å²) in [5.74, 6) is -0.546. The van der Waals surface area contributed by atoms with Crippen LogP contribution in [0.3, 0.4) is 0 Å². The number of nitrogens with zero attached hydrogens (tertiary/aromatic N) is 2. The average Bonchev–Trinajstić information content (AvgIpc) is 2.74. The minimum absolute atomic E-state index is 0.111. The van der Waals surface area contributed by atoms with Gasteiger partial charge in [0, 0.05) is 18.1 Å². The summed E-state index contributed by atoms with van der Waals surface area (Å²) in [5, 5.41) is 3.36. The molecule has 2 aromatic rings. The van der Waals surface area contributed by atoms with E-state index in [0.717, 1.165) is 27.3 Å². The largest absolute Gasteiger partial charge is 0.354 e. The van der Waals surface area contributed by atoms with Crippen LogP contribution in [0.25, 0.3) is 0 Å². The number of halogens is 1. The zero-order valence-electron chi connectivity index (χ0n) is 20.6. The fourth-order valence-corrected chi connectivity index (χ4v) is 4.42. The maximum Gasteiger partial charge on any atom is 0.244 e. The molecule has 0 radical (unpaired) electrons. The Labute approximate surface area is 208 Å². The van der Waals surface area contributed by atoms with Crippen molar-refractivity contribution in [3.63, 3.8) is 0 Å². The molecule has 0 aliphatic heterocycles. The highest BCUT2D eigenvalue weighted by Gasteiger charge is 2.30. The van der Waals surface area contributed by atoms with Crippen molar-refractivity contribution in [1.29, 1.82) is 0 Å². The second kappa shape index (κ2) is 11.7. The molecule has 2 amide bonds. The lowest BCUT2D eigenvalue weighted by Crippen LogP contribution is -2.51. The molecule has 2 rings (SSSR count). The Morgan fingerprint density at radius 1 is 1.03 bits per heavy atom. The van der Waals surface area contributed by atoms with Crippen molar-refractivity contribution in [2.24, 2.45) is 5.92 Å². The fourth-order valence-electron chi connectivity index (χ4n) is 3.36. The molecule has 0 aliphatic carbocycles. The van der Waals surface area contributed by atoms with E-state index in [4.69, 9.17) is 11.6 Å². The van der Waals surface area contributed by atoms with Gasteiger partial charge in [0.15, 0.2) is 0 Å². The summed E-state index contributed by atoms with van der Waals surface area (Å²) in [4.78, 5) is 27.7. The third-order valence-corrected chi connectivity index (χ3v) is 6.93. The number of carbonyl (C=O) groups excluding carboxylic acids is 2. The number of aryl methyl sites for hydroxylation is 2. The standard InChI is InChI=1S/C25H34ClN3O4S/c1-17(2)14-27-25(31)20(5)28(15-21-8-7-9-22(26)13-21)24(30)16-29(34(6,32)33)23-11-10-18(3)19(4)12-23/h7-13,17,20H,14-16H2,1-6H3,(H,27,31)/t20-/m0/s1. The van der Waals surface area contributed by atoms with Crippen LogP contribution in [-0.4, -0.2) is 50.5 Å². The number of carbonyl (C=O) groups is 2. The van der Waals surface area contributed by atoms with E-state index in [1.54, 1.807) is 37.3 Å². The summed E-state index contributed by atoms with van der Waals surface area (Å²) >= 11 is 6.12. The molecule has 34 heavy (non-hydrogen) atoms. The Morgan fingerprint density at radius 2 is 1.71 bits per heavy atom. The zero-order chi connectivity index (χ0) is 25.6. The summed E-state index contributed by atoms with van der Waals surface area (Å²) in [5.41, 5.74) is 3.07. The van der Waals surface area contributed by atoms with E-state index in [0.29, 0.717) is 17.3 Å². The van der Waals surface area contributed by atoms with Crippen molar-refractivity contribution in [2.75, 3.05) is 23.7 Å². The monoisotopic (exact) mass is 507 g/mol. The molecule has 0 spiro atoms. The van der Waals surface area contributed by atoms with E-state index in [1.165, 1.54) is 4.90 Å². The summed E-state index contributed by atoms with van der Waals surface area (Å²) in [6.07, 6.45) is 1.07. The Hall–Kier alpha value is -2.58. The SMILES string of the molecule is Cc1ccc(N(CC(=O)N(Cc2cccc(Cl)c2)[C@@H](C)C(=O)NCC(C)C)S(C)(=O)=O)cc1C. The van der Waals surface area contributed by atoms with Gasteiger partial charge in [0.05, 0.1) is 11.9 Å². The molecule has 0 heterocycles. The lowest BCUT2D eigenvalue weighted by Gasteiger charge is -2.31. The minimum atomic E-state index is -3.76. The second-order valence-electron chi connectivity index (χ2n) is 9.00. The van der Waals surface area contributed by atoms with Crippen molar-refractivity contribution in [2.45, 2.75) is 47.2 Å². The van der Waals surface area contributed by atoms with Gasteiger partial charge in [-0.05, 0) is 67.6 Å². The third kappa shape index (κ3) is 7.74. The third-order valence-electron chi connectivity index (χ3n) is 5.55. The topological polar surface area (TPSA) is 86.8 Å². The molecule has 0 bridgehead atoms. The fraction of sp³-hybridized carbons (Fsp3) is 0.440. The molecule has 0 aromatic heterocycles. The van der Waals surface area contributed by atoms with Crippen molar-refractivity contribution < 1.29 is 18.0 Å². The highest BCUT2D eigenvalue weighted by Crippen LogP contribution is 2.22. The van der Waals surface area contributed by atoms with E-state index in [-0.39, 0.29) is 18.4 Å². The zero-order valence-corrected chi connectivity index (χ0v) is 22.2. The van der Waals surface area contributed by atoms with E-state index >= 15 is 0 Å². The van der Waals surface area contributed by atoms with E-state index in [2.05, 4.69) is 5.32 Å². The van der Waals surface area contributed by atoms with Gasteiger partial charge in [-0.15, -0.1) is 0 Å². The summed E-state index contributed by atoms with van der Waals surface area (Å²) in [7, 11) is -3.76. The van der Waals surface area contributed by atoms with Crippen LogP contribution >= 0.6 is 11.6 Å². The van der Waals surface area contributed by atoms with Crippen molar-refractivity contribution >= 4 is 39.1 Å².